The van der Waals surface area contributed by atoms with Crippen LogP contribution in [0.3, 0.4) is 0 Å². The lowest BCUT2D eigenvalue weighted by atomic mass is 10.3. The maximum absolute atomic E-state index is 4.04. The van der Waals surface area contributed by atoms with Crippen LogP contribution in [0, 0.1) is 13.8 Å². The minimum absolute atomic E-state index is 1.09. The van der Waals surface area contributed by atoms with E-state index in [0.29, 0.717) is 0 Å². The number of pyridine rings is 1. The van der Waals surface area contributed by atoms with E-state index in [2.05, 4.69) is 29.7 Å². The molecule has 0 N–H and O–H groups in total. The molecule has 0 saturated carbocycles. The van der Waals surface area contributed by atoms with Crippen molar-refractivity contribution in [2.75, 3.05) is 7.05 Å². The fraction of sp³-hybridized carbons (Fsp3) is 0.333. The van der Waals surface area contributed by atoms with Crippen LogP contribution in [0.2, 0.25) is 0 Å². The number of aromatic nitrogens is 1. The molecule has 0 amide bonds. The van der Waals surface area contributed by atoms with Crippen LogP contribution in [0.1, 0.15) is 11.3 Å². The van der Waals surface area contributed by atoms with Crippen LogP contribution < -0.4 is 0 Å². The summed E-state index contributed by atoms with van der Waals surface area (Å²) in [6.07, 6.45) is 1.82. The molecule has 1 rings (SSSR count). The number of aryl methyl sites for hydroxylation is 2. The van der Waals surface area contributed by atoms with Gasteiger partial charge in [-0.25, -0.2) is 0 Å². The third kappa shape index (κ3) is 5.27. The van der Waals surface area contributed by atoms with Crippen molar-refractivity contribution in [1.29, 1.82) is 0 Å². The van der Waals surface area contributed by atoms with E-state index in [-0.39, 0.29) is 0 Å². The zero-order valence-corrected chi connectivity index (χ0v) is 7.33. The monoisotopic (exact) mass is 150 g/mol. The zero-order chi connectivity index (χ0) is 8.69. The molecule has 11 heavy (non-hydrogen) atoms. The van der Waals surface area contributed by atoms with E-state index in [1.54, 1.807) is 7.05 Å². The maximum atomic E-state index is 4.04. The van der Waals surface area contributed by atoms with Crippen molar-refractivity contribution in [2.24, 2.45) is 4.99 Å². The molecule has 2 nitrogen and oxygen atoms in total. The van der Waals surface area contributed by atoms with Crippen molar-refractivity contribution in [2.45, 2.75) is 13.8 Å². The first-order chi connectivity index (χ1) is 5.20. The molecule has 0 aliphatic carbocycles. The summed E-state index contributed by atoms with van der Waals surface area (Å²) >= 11 is 0. The van der Waals surface area contributed by atoms with Crippen LogP contribution in [0.4, 0.5) is 0 Å². The predicted octanol–water partition coefficient (Wildman–Crippen LogP) is 2.02. The number of nitrogens with zero attached hydrogens (tertiary/aromatic N) is 2. The Labute approximate surface area is 68.0 Å². The Morgan fingerprint density at radius 1 is 1.45 bits per heavy atom. The summed E-state index contributed by atoms with van der Waals surface area (Å²) in [5.41, 5.74) is 2.36. The highest BCUT2D eigenvalue weighted by molar-refractivity contribution is 5.22. The minimum atomic E-state index is 1.09. The van der Waals surface area contributed by atoms with E-state index >= 15 is 0 Å². The van der Waals surface area contributed by atoms with Gasteiger partial charge in [0.1, 0.15) is 0 Å². The number of aliphatic imine (C=N–C) groups is 1. The Balaban J connectivity index is 0.000000292. The van der Waals surface area contributed by atoms with Crippen molar-refractivity contribution >= 4 is 6.72 Å². The van der Waals surface area contributed by atoms with Crippen LogP contribution in [-0.2, 0) is 0 Å². The van der Waals surface area contributed by atoms with Gasteiger partial charge in [-0.05, 0) is 38.3 Å². The molecule has 0 atom stereocenters. The van der Waals surface area contributed by atoms with Gasteiger partial charge < -0.3 is 4.99 Å². The van der Waals surface area contributed by atoms with Gasteiger partial charge in [-0.15, -0.1) is 0 Å². The molecule has 1 heterocycles. The van der Waals surface area contributed by atoms with E-state index in [1.165, 1.54) is 5.56 Å². The molecule has 0 radical (unpaired) electrons. The topological polar surface area (TPSA) is 25.2 Å². The quantitative estimate of drug-likeness (QED) is 0.519. The molecular weight excluding hydrogens is 136 g/mol. The minimum Gasteiger partial charge on any atom is -0.304 e. The van der Waals surface area contributed by atoms with E-state index < -0.39 is 0 Å². The van der Waals surface area contributed by atoms with Gasteiger partial charge in [0.15, 0.2) is 0 Å². The fourth-order valence-electron chi connectivity index (χ4n) is 0.687. The molecule has 0 aromatic carbocycles. The van der Waals surface area contributed by atoms with Crippen LogP contribution >= 0.6 is 0 Å². The first-order valence-corrected chi connectivity index (χ1v) is 3.44. The van der Waals surface area contributed by atoms with Crippen LogP contribution in [0.5, 0.6) is 0 Å². The number of hydrogen-bond donors (Lipinski definition) is 0. The van der Waals surface area contributed by atoms with E-state index in [9.17, 15) is 0 Å². The highest BCUT2D eigenvalue weighted by Crippen LogP contribution is 1.95. The average molecular weight is 150 g/mol. The molecule has 1 aromatic rings. The van der Waals surface area contributed by atoms with Gasteiger partial charge in [0.05, 0.1) is 0 Å². The van der Waals surface area contributed by atoms with Crippen LogP contribution in [0.25, 0.3) is 0 Å². The number of rotatable bonds is 0. The molecule has 0 bridgehead atoms. The van der Waals surface area contributed by atoms with E-state index in [1.807, 2.05) is 19.2 Å². The molecular formula is C9H14N2. The van der Waals surface area contributed by atoms with Crippen molar-refractivity contribution in [3.63, 3.8) is 0 Å². The van der Waals surface area contributed by atoms with Gasteiger partial charge in [-0.2, -0.15) is 0 Å². The Kier molecular flexibility index (Phi) is 4.99. The fourth-order valence-corrected chi connectivity index (χ4v) is 0.687. The predicted molar refractivity (Wildman–Crippen MR) is 49.2 cm³/mol. The summed E-state index contributed by atoms with van der Waals surface area (Å²) in [4.78, 5) is 7.29. The smallest absolute Gasteiger partial charge is 0.0375 e. The van der Waals surface area contributed by atoms with Gasteiger partial charge in [0.2, 0.25) is 0 Å². The van der Waals surface area contributed by atoms with E-state index in [4.69, 9.17) is 0 Å². The first kappa shape index (κ1) is 9.82. The Morgan fingerprint density at radius 2 is 2.00 bits per heavy atom. The average Bonchev–Trinajstić information content (AvgIpc) is 1.88. The largest absolute Gasteiger partial charge is 0.304 e. The zero-order valence-electron chi connectivity index (χ0n) is 7.33. The number of hydrogen-bond acceptors (Lipinski definition) is 2. The summed E-state index contributed by atoms with van der Waals surface area (Å²) in [5.74, 6) is 0. The summed E-state index contributed by atoms with van der Waals surface area (Å²) in [6.45, 7) is 7.17. The van der Waals surface area contributed by atoms with Gasteiger partial charge in [-0.3, -0.25) is 4.98 Å². The van der Waals surface area contributed by atoms with Gasteiger partial charge in [0.25, 0.3) is 0 Å². The highest BCUT2D eigenvalue weighted by Gasteiger charge is 1.82. The molecule has 1 aromatic heterocycles. The second-order valence-electron chi connectivity index (χ2n) is 2.29. The van der Waals surface area contributed by atoms with Crippen LogP contribution in [-0.4, -0.2) is 18.7 Å². The second-order valence-corrected chi connectivity index (χ2v) is 2.29. The third-order valence-corrected chi connectivity index (χ3v) is 1.05. The molecule has 2 heteroatoms. The molecule has 0 spiro atoms. The molecule has 0 saturated heterocycles. The Morgan fingerprint density at radius 3 is 2.27 bits per heavy atom. The second kappa shape index (κ2) is 5.59. The lowest BCUT2D eigenvalue weighted by Gasteiger charge is -1.90. The van der Waals surface area contributed by atoms with Crippen molar-refractivity contribution in [3.05, 3.63) is 29.6 Å². The van der Waals surface area contributed by atoms with Crippen molar-refractivity contribution in [1.82, 2.24) is 4.98 Å². The molecule has 0 aliphatic heterocycles. The van der Waals surface area contributed by atoms with Crippen LogP contribution in [0.15, 0.2) is 23.3 Å². The maximum Gasteiger partial charge on any atom is 0.0375 e. The highest BCUT2D eigenvalue weighted by atomic mass is 14.6. The van der Waals surface area contributed by atoms with Crippen molar-refractivity contribution in [3.8, 4) is 0 Å². The van der Waals surface area contributed by atoms with Gasteiger partial charge >= 0.3 is 0 Å². The SMILES string of the molecule is C=NC.Cc1ccnc(C)c1. The van der Waals surface area contributed by atoms with Gasteiger partial charge in [0, 0.05) is 18.9 Å². The van der Waals surface area contributed by atoms with E-state index in [0.717, 1.165) is 5.69 Å². The summed E-state index contributed by atoms with van der Waals surface area (Å²) in [5, 5.41) is 0. The standard InChI is InChI=1S/C7H9N.C2H5N/c1-6-3-4-8-7(2)5-6;1-3-2/h3-5H,1-2H3;1H2,2H3. The Bertz CT molecular complexity index is 201. The van der Waals surface area contributed by atoms with Gasteiger partial charge in [-0.1, -0.05) is 0 Å². The molecule has 0 fully saturated rings. The third-order valence-electron chi connectivity index (χ3n) is 1.05. The lowest BCUT2D eigenvalue weighted by Crippen LogP contribution is -1.78. The Hall–Kier alpha value is -1.18. The summed E-state index contributed by atoms with van der Waals surface area (Å²) < 4.78 is 0. The molecule has 0 unspecified atom stereocenters. The first-order valence-electron chi connectivity index (χ1n) is 3.44. The summed E-state index contributed by atoms with van der Waals surface area (Å²) in [6, 6.07) is 4.05. The normalized spacial score (nSPS) is 7.91. The van der Waals surface area contributed by atoms with Crippen molar-refractivity contribution < 1.29 is 0 Å². The molecule has 60 valence electrons. The lowest BCUT2D eigenvalue weighted by molar-refractivity contribution is 1.18. The summed E-state index contributed by atoms with van der Waals surface area (Å²) in [7, 11) is 1.64. The molecule has 0 aliphatic rings.